The highest BCUT2D eigenvalue weighted by Crippen LogP contribution is 2.23. The maximum absolute atomic E-state index is 12.5. The average Bonchev–Trinajstić information content (AvgIpc) is 3.26. The number of hydrogen-bond acceptors (Lipinski definition) is 6. The van der Waals surface area contributed by atoms with Crippen molar-refractivity contribution in [3.8, 4) is 0 Å². The van der Waals surface area contributed by atoms with Crippen molar-refractivity contribution in [2.75, 3.05) is 0 Å². The molecule has 0 bridgehead atoms. The van der Waals surface area contributed by atoms with E-state index in [-0.39, 0.29) is 5.91 Å². The highest BCUT2D eigenvalue weighted by atomic mass is 32.1. The Morgan fingerprint density at radius 3 is 2.67 bits per heavy atom. The third kappa shape index (κ3) is 3.87. The molecule has 5 nitrogen and oxygen atoms in total. The molecule has 2 N–H and O–H groups in total. The summed E-state index contributed by atoms with van der Waals surface area (Å²) >= 11 is 2.67. The first-order chi connectivity index (χ1) is 11.6. The van der Waals surface area contributed by atoms with Crippen molar-refractivity contribution in [1.29, 1.82) is 0 Å². The lowest BCUT2D eigenvalue weighted by Gasteiger charge is -2.23. The van der Waals surface area contributed by atoms with Gasteiger partial charge in [-0.25, -0.2) is 9.97 Å². The van der Waals surface area contributed by atoms with Crippen LogP contribution >= 0.6 is 22.7 Å². The van der Waals surface area contributed by atoms with E-state index in [0.717, 1.165) is 5.56 Å². The molecular formula is C17H17N3O2S2. The number of nitrogens with one attached hydrogen (secondary N) is 1. The third-order valence-corrected chi connectivity index (χ3v) is 5.43. The molecular weight excluding hydrogens is 342 g/mol. The molecule has 0 aliphatic carbocycles. The van der Waals surface area contributed by atoms with Crippen LogP contribution in [0.25, 0.3) is 0 Å². The molecule has 3 aromatic rings. The summed E-state index contributed by atoms with van der Waals surface area (Å²) < 4.78 is 0. The average molecular weight is 359 g/mol. The highest BCUT2D eigenvalue weighted by Gasteiger charge is 2.26. The number of aliphatic hydroxyl groups is 1. The van der Waals surface area contributed by atoms with Crippen molar-refractivity contribution in [3.05, 3.63) is 68.6 Å². The lowest BCUT2D eigenvalue weighted by Crippen LogP contribution is -2.41. The normalized spacial score (nSPS) is 13.4. The number of nitrogens with zero attached hydrogens (tertiary/aromatic N) is 2. The van der Waals surface area contributed by atoms with E-state index in [1.165, 1.54) is 22.7 Å². The van der Waals surface area contributed by atoms with E-state index in [2.05, 4.69) is 15.3 Å². The second-order valence-corrected chi connectivity index (χ2v) is 7.13. The topological polar surface area (TPSA) is 75.1 Å². The Kier molecular flexibility index (Phi) is 5.34. The molecule has 2 heterocycles. The maximum Gasteiger partial charge on any atom is 0.263 e. The van der Waals surface area contributed by atoms with Crippen molar-refractivity contribution in [1.82, 2.24) is 15.3 Å². The van der Waals surface area contributed by atoms with Crippen LogP contribution in [-0.2, 0) is 6.42 Å². The maximum atomic E-state index is 12.5. The lowest BCUT2D eigenvalue weighted by molar-refractivity contribution is 0.0835. The van der Waals surface area contributed by atoms with Crippen LogP contribution in [-0.4, -0.2) is 27.0 Å². The summed E-state index contributed by atoms with van der Waals surface area (Å²) in [7, 11) is 0. The summed E-state index contributed by atoms with van der Waals surface area (Å²) in [4.78, 5) is 21.4. The molecule has 1 aromatic carbocycles. The number of carbonyl (C=O) groups is 1. The third-order valence-electron chi connectivity index (χ3n) is 3.65. The fourth-order valence-corrected chi connectivity index (χ4v) is 3.81. The van der Waals surface area contributed by atoms with E-state index < -0.39 is 12.1 Å². The molecule has 7 heteroatoms. The van der Waals surface area contributed by atoms with Gasteiger partial charge in [0.15, 0.2) is 0 Å². The molecule has 1 amide bonds. The van der Waals surface area contributed by atoms with Crippen molar-refractivity contribution >= 4 is 28.6 Å². The standard InChI is InChI=1S/C17H17N3O2S2/c1-11-15(24-10-19-11)16(22)20-13(9-12-5-3-2-4-6-12)14(21)17-18-7-8-23-17/h2-8,10,13-14,21H,9H2,1H3,(H,20,22). The lowest BCUT2D eigenvalue weighted by atomic mass is 10.0. The number of thiazole rings is 2. The largest absolute Gasteiger partial charge is 0.384 e. The molecule has 3 rings (SSSR count). The fourth-order valence-electron chi connectivity index (χ4n) is 2.42. The van der Waals surface area contributed by atoms with Gasteiger partial charge >= 0.3 is 0 Å². The van der Waals surface area contributed by atoms with E-state index >= 15 is 0 Å². The van der Waals surface area contributed by atoms with Gasteiger partial charge in [-0.3, -0.25) is 4.79 Å². The first-order valence-electron chi connectivity index (χ1n) is 7.47. The molecule has 0 fully saturated rings. The van der Waals surface area contributed by atoms with E-state index in [9.17, 15) is 9.90 Å². The number of aromatic nitrogens is 2. The number of amides is 1. The molecule has 0 saturated heterocycles. The van der Waals surface area contributed by atoms with Crippen LogP contribution in [0.15, 0.2) is 47.4 Å². The van der Waals surface area contributed by atoms with Crippen molar-refractivity contribution in [2.24, 2.45) is 0 Å². The van der Waals surface area contributed by atoms with Gasteiger partial charge in [-0.1, -0.05) is 30.3 Å². The van der Waals surface area contributed by atoms with E-state index in [0.29, 0.717) is 22.0 Å². The van der Waals surface area contributed by atoms with Crippen LogP contribution in [0.4, 0.5) is 0 Å². The Morgan fingerprint density at radius 1 is 1.25 bits per heavy atom. The van der Waals surface area contributed by atoms with Gasteiger partial charge in [0.2, 0.25) is 0 Å². The summed E-state index contributed by atoms with van der Waals surface area (Å²) in [6.07, 6.45) is 1.31. The van der Waals surface area contributed by atoms with Crippen LogP contribution in [0.3, 0.4) is 0 Å². The molecule has 0 aliphatic heterocycles. The molecule has 2 aromatic heterocycles. The van der Waals surface area contributed by atoms with Gasteiger partial charge in [-0.05, 0) is 18.9 Å². The number of aryl methyl sites for hydroxylation is 1. The van der Waals surface area contributed by atoms with Crippen LogP contribution in [0, 0.1) is 6.92 Å². The summed E-state index contributed by atoms with van der Waals surface area (Å²) in [6, 6.07) is 9.31. The minimum Gasteiger partial charge on any atom is -0.384 e. The molecule has 0 spiro atoms. The number of rotatable bonds is 6. The summed E-state index contributed by atoms with van der Waals surface area (Å²) in [5, 5.41) is 16.0. The molecule has 2 atom stereocenters. The first kappa shape index (κ1) is 16.8. The molecule has 24 heavy (non-hydrogen) atoms. The monoisotopic (exact) mass is 359 g/mol. The summed E-state index contributed by atoms with van der Waals surface area (Å²) in [6.45, 7) is 1.80. The van der Waals surface area contributed by atoms with Gasteiger partial charge in [0, 0.05) is 11.6 Å². The quantitative estimate of drug-likeness (QED) is 0.709. The zero-order valence-corrected chi connectivity index (χ0v) is 14.7. The zero-order valence-electron chi connectivity index (χ0n) is 13.0. The Hall–Kier alpha value is -2.09. The van der Waals surface area contributed by atoms with Crippen molar-refractivity contribution in [3.63, 3.8) is 0 Å². The van der Waals surface area contributed by atoms with Gasteiger partial charge in [0.1, 0.15) is 16.0 Å². The predicted octanol–water partition coefficient (Wildman–Crippen LogP) is 2.98. The highest BCUT2D eigenvalue weighted by molar-refractivity contribution is 7.11. The van der Waals surface area contributed by atoms with Gasteiger partial charge in [0.25, 0.3) is 5.91 Å². The van der Waals surface area contributed by atoms with Crippen LogP contribution in [0.5, 0.6) is 0 Å². The number of benzene rings is 1. The minimum atomic E-state index is -0.859. The van der Waals surface area contributed by atoms with Gasteiger partial charge in [-0.15, -0.1) is 22.7 Å². The number of hydrogen-bond donors (Lipinski definition) is 2. The second-order valence-electron chi connectivity index (χ2n) is 5.35. The van der Waals surface area contributed by atoms with Crippen molar-refractivity contribution < 1.29 is 9.90 Å². The second kappa shape index (κ2) is 7.65. The Balaban J connectivity index is 1.81. The van der Waals surface area contributed by atoms with E-state index in [4.69, 9.17) is 0 Å². The van der Waals surface area contributed by atoms with Gasteiger partial charge in [-0.2, -0.15) is 0 Å². The molecule has 2 unspecified atom stereocenters. The Labute approximate surface area is 148 Å². The number of aliphatic hydroxyl groups excluding tert-OH is 1. The zero-order chi connectivity index (χ0) is 16.9. The molecule has 0 radical (unpaired) electrons. The minimum absolute atomic E-state index is 0.216. The Bertz CT molecular complexity index is 787. The van der Waals surface area contributed by atoms with Crippen LogP contribution in [0.2, 0.25) is 0 Å². The first-order valence-corrected chi connectivity index (χ1v) is 9.23. The molecule has 0 aliphatic rings. The van der Waals surface area contributed by atoms with E-state index in [1.807, 2.05) is 35.7 Å². The van der Waals surface area contributed by atoms with E-state index in [1.54, 1.807) is 18.6 Å². The summed E-state index contributed by atoms with van der Waals surface area (Å²) in [5.74, 6) is -0.216. The smallest absolute Gasteiger partial charge is 0.263 e. The molecule has 0 saturated carbocycles. The Morgan fingerprint density at radius 2 is 2.04 bits per heavy atom. The van der Waals surface area contributed by atoms with Crippen LogP contribution in [0.1, 0.15) is 32.0 Å². The summed E-state index contributed by atoms with van der Waals surface area (Å²) in [5.41, 5.74) is 3.38. The SMILES string of the molecule is Cc1ncsc1C(=O)NC(Cc1ccccc1)C(O)c1nccs1. The van der Waals surface area contributed by atoms with Gasteiger partial charge in [0.05, 0.1) is 17.2 Å². The number of carbonyl (C=O) groups excluding carboxylic acids is 1. The fraction of sp³-hybridized carbons (Fsp3) is 0.235. The van der Waals surface area contributed by atoms with Crippen LogP contribution < -0.4 is 5.32 Å². The molecule has 124 valence electrons. The van der Waals surface area contributed by atoms with Gasteiger partial charge < -0.3 is 10.4 Å². The van der Waals surface area contributed by atoms with Crippen molar-refractivity contribution in [2.45, 2.75) is 25.5 Å². The predicted molar refractivity (Wildman–Crippen MR) is 95.3 cm³/mol.